The Balaban J connectivity index is 1.60. The lowest BCUT2D eigenvalue weighted by Crippen LogP contribution is -2.66. The van der Waals surface area contributed by atoms with Gasteiger partial charge in [0.1, 0.15) is 23.1 Å². The van der Waals surface area contributed by atoms with Gasteiger partial charge in [-0.1, -0.05) is 27.7 Å². The van der Waals surface area contributed by atoms with Gasteiger partial charge in [0.05, 0.1) is 18.2 Å². The van der Waals surface area contributed by atoms with Crippen LogP contribution in [0.15, 0.2) is 6.07 Å². The molecular weight excluding hydrogens is 422 g/mol. The van der Waals surface area contributed by atoms with Crippen molar-refractivity contribution in [1.82, 2.24) is 4.90 Å². The van der Waals surface area contributed by atoms with Crippen LogP contribution in [-0.2, 0) is 17.8 Å². The lowest BCUT2D eigenvalue weighted by Gasteiger charge is -2.64. The number of fused-ring (bicyclic) bond motifs is 5. The number of aromatic hydroxyl groups is 1. The highest BCUT2D eigenvalue weighted by atomic mass is 16.5. The zero-order valence-corrected chi connectivity index (χ0v) is 20.1. The molecule has 6 unspecified atom stereocenters. The standard InChI is InChI=1S/C26H35NO6/c1-13-6-7-19-24(3,4)20(29)8-9-25(19,5)26(13)11-16-18(28)10-15-17(21(16)33-26)12-27(22(15)30)14(2)23(31)32/h10,13-14,19-20,28-29H,6-9,11-12H2,1-5H3,(H,31,32). The summed E-state index contributed by atoms with van der Waals surface area (Å²) in [5.41, 5.74) is 0.752. The molecule has 0 bridgehead atoms. The minimum absolute atomic E-state index is 0.0480. The van der Waals surface area contributed by atoms with Gasteiger partial charge < -0.3 is 25.0 Å². The second-order valence-electron chi connectivity index (χ2n) is 11.7. The summed E-state index contributed by atoms with van der Waals surface area (Å²) in [7, 11) is 0. The Morgan fingerprint density at radius 2 is 1.91 bits per heavy atom. The molecule has 1 spiro atoms. The van der Waals surface area contributed by atoms with Gasteiger partial charge in [0, 0.05) is 23.0 Å². The lowest BCUT2D eigenvalue weighted by molar-refractivity contribution is -0.210. The molecule has 180 valence electrons. The molecule has 2 fully saturated rings. The molecular formula is C26H35NO6. The first-order valence-electron chi connectivity index (χ1n) is 12.1. The fraction of sp³-hybridized carbons (Fsp3) is 0.692. The molecule has 2 saturated carbocycles. The Bertz CT molecular complexity index is 1050. The van der Waals surface area contributed by atoms with Crippen molar-refractivity contribution in [2.24, 2.45) is 22.7 Å². The van der Waals surface area contributed by atoms with Crippen LogP contribution in [0.2, 0.25) is 0 Å². The number of carbonyl (C=O) groups excluding carboxylic acids is 1. The van der Waals surface area contributed by atoms with E-state index >= 15 is 0 Å². The summed E-state index contributed by atoms with van der Waals surface area (Å²) in [5, 5.41) is 31.2. The van der Waals surface area contributed by atoms with Crippen LogP contribution in [0.4, 0.5) is 0 Å². The number of carboxylic acids is 1. The number of benzene rings is 1. The average molecular weight is 458 g/mol. The summed E-state index contributed by atoms with van der Waals surface area (Å²) in [6.07, 6.45) is 3.74. The molecule has 0 saturated heterocycles. The number of carboxylic acid groups (broad SMARTS) is 1. The van der Waals surface area contributed by atoms with Gasteiger partial charge in [-0.25, -0.2) is 4.79 Å². The van der Waals surface area contributed by atoms with Crippen LogP contribution in [0.3, 0.4) is 0 Å². The number of hydrogen-bond donors (Lipinski definition) is 3. The molecule has 1 aromatic rings. The number of carbonyl (C=O) groups is 2. The molecule has 2 aliphatic heterocycles. The van der Waals surface area contributed by atoms with Crippen molar-refractivity contribution < 1.29 is 29.6 Å². The predicted octanol–water partition coefficient (Wildman–Crippen LogP) is 3.73. The molecule has 1 amide bonds. The number of aliphatic hydroxyl groups is 1. The van der Waals surface area contributed by atoms with Crippen molar-refractivity contribution in [3.8, 4) is 11.5 Å². The summed E-state index contributed by atoms with van der Waals surface area (Å²) < 4.78 is 6.94. The van der Waals surface area contributed by atoms with Crippen LogP contribution < -0.4 is 4.74 Å². The first-order valence-corrected chi connectivity index (χ1v) is 12.1. The Hall–Kier alpha value is -2.28. The average Bonchev–Trinajstić information content (AvgIpc) is 3.30. The number of phenols is 1. The SMILES string of the molecule is CC(C(=O)O)N1Cc2c(cc(O)c3c2OC2(C3)C(C)CCC3C(C)(C)C(O)CCC32C)C1=O. The van der Waals surface area contributed by atoms with Crippen LogP contribution in [0.1, 0.15) is 81.8 Å². The molecule has 3 N–H and O–H groups in total. The normalized spacial score (nSPS) is 37.3. The Morgan fingerprint density at radius 1 is 1.21 bits per heavy atom. The quantitative estimate of drug-likeness (QED) is 0.625. The third kappa shape index (κ3) is 2.71. The van der Waals surface area contributed by atoms with Crippen molar-refractivity contribution in [3.05, 3.63) is 22.8 Å². The molecule has 2 aliphatic carbocycles. The van der Waals surface area contributed by atoms with Crippen molar-refractivity contribution in [2.45, 2.75) is 91.0 Å². The van der Waals surface area contributed by atoms with E-state index in [0.29, 0.717) is 29.7 Å². The Labute approximate surface area is 194 Å². The molecule has 33 heavy (non-hydrogen) atoms. The maximum Gasteiger partial charge on any atom is 0.326 e. The van der Waals surface area contributed by atoms with Gasteiger partial charge in [0.2, 0.25) is 0 Å². The minimum atomic E-state index is -1.06. The highest BCUT2D eigenvalue weighted by Gasteiger charge is 2.67. The fourth-order valence-corrected chi connectivity index (χ4v) is 7.74. The summed E-state index contributed by atoms with van der Waals surface area (Å²) in [5.74, 6) is -0.333. The highest BCUT2D eigenvalue weighted by molar-refractivity contribution is 6.02. The molecule has 0 aromatic heterocycles. The molecule has 7 heteroatoms. The Kier molecular flexibility index (Phi) is 4.69. The van der Waals surface area contributed by atoms with Crippen LogP contribution in [0.5, 0.6) is 11.5 Å². The van der Waals surface area contributed by atoms with Crippen molar-refractivity contribution in [3.63, 3.8) is 0 Å². The number of aliphatic carboxylic acids is 1. The highest BCUT2D eigenvalue weighted by Crippen LogP contribution is 2.67. The van der Waals surface area contributed by atoms with Gasteiger partial charge in [0.15, 0.2) is 0 Å². The van der Waals surface area contributed by atoms with E-state index in [4.69, 9.17) is 4.74 Å². The number of rotatable bonds is 2. The van der Waals surface area contributed by atoms with E-state index in [1.165, 1.54) is 17.9 Å². The van der Waals surface area contributed by atoms with Crippen LogP contribution in [-0.4, -0.2) is 49.8 Å². The van der Waals surface area contributed by atoms with E-state index in [1.807, 2.05) is 0 Å². The summed E-state index contributed by atoms with van der Waals surface area (Å²) in [6, 6.07) is 0.532. The second-order valence-corrected chi connectivity index (χ2v) is 11.7. The van der Waals surface area contributed by atoms with Gasteiger partial charge in [-0.2, -0.15) is 0 Å². The zero-order valence-electron chi connectivity index (χ0n) is 20.1. The monoisotopic (exact) mass is 457 g/mol. The molecule has 2 heterocycles. The number of phenolic OH excluding ortho intramolecular Hbond substituents is 1. The number of aliphatic hydroxyl groups excluding tert-OH is 1. The van der Waals surface area contributed by atoms with Gasteiger partial charge in [-0.05, 0) is 55.9 Å². The summed E-state index contributed by atoms with van der Waals surface area (Å²) in [4.78, 5) is 25.9. The molecule has 0 radical (unpaired) electrons. The van der Waals surface area contributed by atoms with Crippen molar-refractivity contribution in [2.75, 3.05) is 0 Å². The van der Waals surface area contributed by atoms with E-state index in [2.05, 4.69) is 27.7 Å². The van der Waals surface area contributed by atoms with Gasteiger partial charge in [0.25, 0.3) is 5.91 Å². The second kappa shape index (κ2) is 6.87. The van der Waals surface area contributed by atoms with E-state index in [0.717, 1.165) is 24.8 Å². The van der Waals surface area contributed by atoms with E-state index in [9.17, 15) is 24.9 Å². The molecule has 1 aromatic carbocycles. The van der Waals surface area contributed by atoms with Gasteiger partial charge in [-0.15, -0.1) is 0 Å². The van der Waals surface area contributed by atoms with E-state index in [1.54, 1.807) is 0 Å². The Morgan fingerprint density at radius 3 is 2.58 bits per heavy atom. The largest absolute Gasteiger partial charge is 0.508 e. The number of ether oxygens (including phenoxy) is 1. The maximum atomic E-state index is 13.0. The molecule has 5 rings (SSSR count). The third-order valence-corrected chi connectivity index (χ3v) is 9.95. The van der Waals surface area contributed by atoms with E-state index < -0.39 is 17.6 Å². The molecule has 7 nitrogen and oxygen atoms in total. The molecule has 4 aliphatic rings. The van der Waals surface area contributed by atoms with Crippen LogP contribution in [0, 0.1) is 22.7 Å². The first-order chi connectivity index (χ1) is 15.3. The molecule has 6 atom stereocenters. The number of hydrogen-bond acceptors (Lipinski definition) is 5. The smallest absolute Gasteiger partial charge is 0.326 e. The minimum Gasteiger partial charge on any atom is -0.508 e. The van der Waals surface area contributed by atoms with Crippen molar-refractivity contribution in [1.29, 1.82) is 0 Å². The third-order valence-electron chi connectivity index (χ3n) is 9.95. The maximum absolute atomic E-state index is 13.0. The number of amides is 1. The first kappa shape index (κ1) is 22.5. The van der Waals surface area contributed by atoms with Gasteiger partial charge in [-0.3, -0.25) is 4.79 Å². The number of nitrogens with zero attached hydrogens (tertiary/aromatic N) is 1. The topological polar surface area (TPSA) is 107 Å². The predicted molar refractivity (Wildman–Crippen MR) is 121 cm³/mol. The van der Waals surface area contributed by atoms with Crippen molar-refractivity contribution >= 4 is 11.9 Å². The van der Waals surface area contributed by atoms with Crippen LogP contribution in [0.25, 0.3) is 0 Å². The van der Waals surface area contributed by atoms with E-state index in [-0.39, 0.29) is 47.0 Å². The summed E-state index contributed by atoms with van der Waals surface area (Å²) in [6.45, 7) is 10.5. The zero-order chi connectivity index (χ0) is 24.1. The summed E-state index contributed by atoms with van der Waals surface area (Å²) >= 11 is 0. The fourth-order valence-electron chi connectivity index (χ4n) is 7.74. The lowest BCUT2D eigenvalue weighted by atomic mass is 9.43. The van der Waals surface area contributed by atoms with Crippen LogP contribution >= 0.6 is 0 Å². The van der Waals surface area contributed by atoms with Gasteiger partial charge >= 0.3 is 5.97 Å².